The lowest BCUT2D eigenvalue weighted by Crippen LogP contribution is -2.54. The first-order valence-corrected chi connectivity index (χ1v) is 14.3. The van der Waals surface area contributed by atoms with Gasteiger partial charge in [-0.05, 0) is 39.3 Å². The molecular weight excluding hydrogens is 564 g/mol. The summed E-state index contributed by atoms with van der Waals surface area (Å²) in [5, 5.41) is 4.81. The summed E-state index contributed by atoms with van der Waals surface area (Å²) in [6, 6.07) is 3.99. The topological polar surface area (TPSA) is 162 Å². The lowest BCUT2D eigenvalue weighted by molar-refractivity contribution is -0.136. The number of piperidine rings is 1. The van der Waals surface area contributed by atoms with E-state index in [-0.39, 0.29) is 24.0 Å². The van der Waals surface area contributed by atoms with Gasteiger partial charge in [-0.25, -0.2) is 4.79 Å². The van der Waals surface area contributed by atoms with E-state index in [0.29, 0.717) is 71.6 Å². The van der Waals surface area contributed by atoms with E-state index in [1.165, 1.54) is 0 Å². The normalized spacial score (nSPS) is 16.7. The second kappa shape index (κ2) is 16.3. The van der Waals surface area contributed by atoms with Gasteiger partial charge in [-0.1, -0.05) is 6.07 Å². The predicted octanol–water partition coefficient (Wildman–Crippen LogP) is 1.12. The van der Waals surface area contributed by atoms with Crippen molar-refractivity contribution in [3.05, 3.63) is 29.3 Å². The number of nitrogens with one attached hydrogen (secondary N) is 2. The van der Waals surface area contributed by atoms with Gasteiger partial charge in [0.05, 0.1) is 69.7 Å². The molecule has 0 spiro atoms. The van der Waals surface area contributed by atoms with Crippen LogP contribution in [-0.2, 0) is 33.3 Å². The highest BCUT2D eigenvalue weighted by Gasteiger charge is 2.45. The van der Waals surface area contributed by atoms with Gasteiger partial charge in [0.25, 0.3) is 11.8 Å². The Bertz CT molecular complexity index is 1150. The number of hydrogen-bond acceptors (Lipinski definition) is 11. The zero-order chi connectivity index (χ0) is 31.4. The number of carbonyl (C=O) groups is 5. The Morgan fingerprint density at radius 1 is 0.930 bits per heavy atom. The van der Waals surface area contributed by atoms with Crippen LogP contribution in [0.15, 0.2) is 18.2 Å². The predicted molar refractivity (Wildman–Crippen MR) is 154 cm³/mol. The summed E-state index contributed by atoms with van der Waals surface area (Å²) in [7, 11) is 1.79. The van der Waals surface area contributed by atoms with Crippen LogP contribution in [-0.4, -0.2) is 119 Å². The molecule has 1 unspecified atom stereocenters. The summed E-state index contributed by atoms with van der Waals surface area (Å²) in [6.45, 7) is 9.27. The fourth-order valence-electron chi connectivity index (χ4n) is 4.44. The molecule has 1 atom stereocenters. The number of imide groups is 2. The van der Waals surface area contributed by atoms with Crippen LogP contribution in [0.25, 0.3) is 0 Å². The smallest absolute Gasteiger partial charge is 0.407 e. The van der Waals surface area contributed by atoms with Gasteiger partial charge >= 0.3 is 6.09 Å². The number of carbonyl (C=O) groups excluding carboxylic acids is 5. The van der Waals surface area contributed by atoms with E-state index in [0.717, 1.165) is 4.90 Å². The molecule has 238 valence electrons. The highest BCUT2D eigenvalue weighted by molar-refractivity contribution is 6.25. The monoisotopic (exact) mass is 606 g/mol. The van der Waals surface area contributed by atoms with E-state index in [2.05, 4.69) is 10.6 Å². The number of alkyl carbamates (subject to hydrolysis) is 1. The molecular formula is C29H42N4O10. The Hall–Kier alpha value is -3.59. The first-order valence-electron chi connectivity index (χ1n) is 14.3. The third-order valence-electron chi connectivity index (χ3n) is 6.46. The van der Waals surface area contributed by atoms with Gasteiger partial charge in [0.1, 0.15) is 11.6 Å². The van der Waals surface area contributed by atoms with Gasteiger partial charge < -0.3 is 33.9 Å². The average Bonchev–Trinajstić information content (AvgIpc) is 3.19. The van der Waals surface area contributed by atoms with E-state index in [1.807, 2.05) is 4.90 Å². The molecule has 0 saturated carbocycles. The molecule has 1 aromatic carbocycles. The highest BCUT2D eigenvalue weighted by Crippen LogP contribution is 2.33. The molecule has 0 aliphatic carbocycles. The molecule has 2 aliphatic rings. The SMILES string of the molecule is CN(CCOCCOCCOCCOCCNC(=O)OC(C)(C)C)c1cccc2c1C(=O)N(C1CCC(=O)NC1=O)C2=O. The maximum absolute atomic E-state index is 13.3. The van der Waals surface area contributed by atoms with Crippen LogP contribution < -0.4 is 15.5 Å². The molecule has 0 aromatic heterocycles. The molecule has 43 heavy (non-hydrogen) atoms. The number of hydrogen-bond donors (Lipinski definition) is 2. The molecule has 3 rings (SSSR count). The first-order chi connectivity index (χ1) is 20.5. The lowest BCUT2D eigenvalue weighted by Gasteiger charge is -2.28. The van der Waals surface area contributed by atoms with Gasteiger partial charge in [0, 0.05) is 26.6 Å². The molecule has 14 heteroatoms. The quantitative estimate of drug-likeness (QED) is 0.193. The van der Waals surface area contributed by atoms with E-state index >= 15 is 0 Å². The fraction of sp³-hybridized carbons (Fsp3) is 0.621. The lowest BCUT2D eigenvalue weighted by atomic mass is 10.0. The van der Waals surface area contributed by atoms with Crippen LogP contribution >= 0.6 is 0 Å². The fourth-order valence-corrected chi connectivity index (χ4v) is 4.44. The van der Waals surface area contributed by atoms with Crippen molar-refractivity contribution < 1.29 is 47.7 Å². The second-order valence-corrected chi connectivity index (χ2v) is 10.9. The number of fused-ring (bicyclic) bond motifs is 1. The summed E-state index contributed by atoms with van der Waals surface area (Å²) in [5.74, 6) is -2.14. The standard InChI is InChI=1S/C29H42N4O10/c1-29(2,3)43-28(38)30-10-12-39-14-16-41-18-19-42-17-15-40-13-11-32(4)21-7-5-6-20-24(21)27(37)33(26(20)36)22-8-9-23(34)31-25(22)35/h5-7,22H,8-19H2,1-4H3,(H,30,38)(H,31,34,35). The first kappa shape index (κ1) is 33.9. The van der Waals surface area contributed by atoms with Crippen LogP contribution in [0.5, 0.6) is 0 Å². The zero-order valence-corrected chi connectivity index (χ0v) is 25.3. The maximum Gasteiger partial charge on any atom is 0.407 e. The number of anilines is 1. The van der Waals surface area contributed by atoms with Gasteiger partial charge in [0.15, 0.2) is 0 Å². The number of rotatable bonds is 17. The van der Waals surface area contributed by atoms with Crippen LogP contribution in [0, 0.1) is 0 Å². The summed E-state index contributed by atoms with van der Waals surface area (Å²) in [6.07, 6.45) is -0.305. The summed E-state index contributed by atoms with van der Waals surface area (Å²) in [4.78, 5) is 64.4. The number of likely N-dealkylation sites (N-methyl/N-ethyl adjacent to an activating group) is 1. The Labute approximate surface area is 251 Å². The minimum Gasteiger partial charge on any atom is -0.444 e. The van der Waals surface area contributed by atoms with Gasteiger partial charge in [0.2, 0.25) is 11.8 Å². The van der Waals surface area contributed by atoms with Crippen molar-refractivity contribution in [3.63, 3.8) is 0 Å². The Kier molecular flexibility index (Phi) is 12.9. The number of nitrogens with zero attached hydrogens (tertiary/aromatic N) is 2. The molecule has 5 amide bonds. The van der Waals surface area contributed by atoms with Crippen molar-refractivity contribution in [3.8, 4) is 0 Å². The van der Waals surface area contributed by atoms with E-state index in [1.54, 1.807) is 46.0 Å². The average molecular weight is 607 g/mol. The van der Waals surface area contributed by atoms with Crippen LogP contribution in [0.2, 0.25) is 0 Å². The highest BCUT2D eigenvalue weighted by atomic mass is 16.6. The third kappa shape index (κ3) is 10.3. The van der Waals surface area contributed by atoms with Crippen LogP contribution in [0.1, 0.15) is 54.3 Å². The molecule has 2 aliphatic heterocycles. The number of amides is 5. The number of ether oxygens (including phenoxy) is 5. The summed E-state index contributed by atoms with van der Waals surface area (Å²) < 4.78 is 27.1. The van der Waals surface area contributed by atoms with Crippen LogP contribution in [0.4, 0.5) is 10.5 Å². The van der Waals surface area contributed by atoms with Crippen molar-refractivity contribution in [2.45, 2.75) is 45.3 Å². The van der Waals surface area contributed by atoms with Gasteiger partial charge in [-0.3, -0.25) is 29.4 Å². The van der Waals surface area contributed by atoms with Crippen molar-refractivity contribution in [2.75, 3.05) is 77.9 Å². The van der Waals surface area contributed by atoms with E-state index in [9.17, 15) is 24.0 Å². The molecule has 2 heterocycles. The molecule has 14 nitrogen and oxygen atoms in total. The van der Waals surface area contributed by atoms with Gasteiger partial charge in [-0.2, -0.15) is 0 Å². The largest absolute Gasteiger partial charge is 0.444 e. The van der Waals surface area contributed by atoms with Crippen molar-refractivity contribution in [1.82, 2.24) is 15.5 Å². The van der Waals surface area contributed by atoms with E-state index < -0.39 is 41.4 Å². The van der Waals surface area contributed by atoms with Crippen LogP contribution in [0.3, 0.4) is 0 Å². The summed E-state index contributed by atoms with van der Waals surface area (Å²) in [5.41, 5.74) is 0.500. The second-order valence-electron chi connectivity index (χ2n) is 10.9. The Balaban J connectivity index is 1.25. The molecule has 1 saturated heterocycles. The molecule has 0 bridgehead atoms. The molecule has 1 fully saturated rings. The summed E-state index contributed by atoms with van der Waals surface area (Å²) >= 11 is 0. The van der Waals surface area contributed by atoms with Crippen molar-refractivity contribution in [2.24, 2.45) is 0 Å². The Morgan fingerprint density at radius 2 is 1.53 bits per heavy atom. The van der Waals surface area contributed by atoms with Crippen molar-refractivity contribution in [1.29, 1.82) is 0 Å². The van der Waals surface area contributed by atoms with Gasteiger partial charge in [-0.15, -0.1) is 0 Å². The third-order valence-corrected chi connectivity index (χ3v) is 6.46. The van der Waals surface area contributed by atoms with E-state index in [4.69, 9.17) is 23.7 Å². The zero-order valence-electron chi connectivity index (χ0n) is 25.3. The Morgan fingerprint density at radius 3 is 2.14 bits per heavy atom. The van der Waals surface area contributed by atoms with Crippen molar-refractivity contribution >= 4 is 35.4 Å². The molecule has 1 aromatic rings. The minimum atomic E-state index is -1.01. The number of benzene rings is 1. The minimum absolute atomic E-state index is 0.0671. The molecule has 2 N–H and O–H groups in total. The molecule has 0 radical (unpaired) electrons. The maximum atomic E-state index is 13.3.